The first-order valence-electron chi connectivity index (χ1n) is 5.54. The minimum atomic E-state index is -0.560. The van der Waals surface area contributed by atoms with E-state index in [2.05, 4.69) is 11.7 Å². The van der Waals surface area contributed by atoms with Crippen LogP contribution in [-0.2, 0) is 14.3 Å². The minimum Gasteiger partial charge on any atom is -0.463 e. The van der Waals surface area contributed by atoms with Gasteiger partial charge in [-0.2, -0.15) is 0 Å². The van der Waals surface area contributed by atoms with Crippen molar-refractivity contribution in [3.05, 3.63) is 0 Å². The van der Waals surface area contributed by atoms with Gasteiger partial charge < -0.3 is 19.7 Å². The van der Waals surface area contributed by atoms with Crippen molar-refractivity contribution in [2.24, 2.45) is 0 Å². The fourth-order valence-electron chi connectivity index (χ4n) is 0.593. The van der Waals surface area contributed by atoms with Gasteiger partial charge in [-0.05, 0) is 13.3 Å². The third kappa shape index (κ3) is 23.3. The lowest BCUT2D eigenvalue weighted by molar-refractivity contribution is -0.142. The highest BCUT2D eigenvalue weighted by Gasteiger charge is 1.91. The molecule has 0 fully saturated rings. The second-order valence-electron chi connectivity index (χ2n) is 3.34. The lowest BCUT2D eigenvalue weighted by Crippen LogP contribution is -2.07. The van der Waals surface area contributed by atoms with E-state index in [0.29, 0.717) is 13.2 Å². The molecule has 0 heterocycles. The van der Waals surface area contributed by atoms with Crippen LogP contribution in [0.2, 0.25) is 0 Å². The van der Waals surface area contributed by atoms with Crippen molar-refractivity contribution in [2.75, 3.05) is 26.4 Å². The van der Waals surface area contributed by atoms with Crippen molar-refractivity contribution in [2.45, 2.75) is 39.7 Å². The largest absolute Gasteiger partial charge is 0.463 e. The van der Waals surface area contributed by atoms with Crippen molar-refractivity contribution >= 4 is 5.97 Å². The number of carbonyl (C=O) groups excluding carboxylic acids is 1. The van der Waals surface area contributed by atoms with Gasteiger partial charge in [-0.15, -0.1) is 0 Å². The lowest BCUT2D eigenvalue weighted by Gasteiger charge is -2.02. The first kappa shape index (κ1) is 17.7. The topological polar surface area (TPSA) is 76.0 Å². The maximum absolute atomic E-state index is 10.3. The molecule has 0 aliphatic heterocycles. The van der Waals surface area contributed by atoms with Crippen molar-refractivity contribution in [1.29, 1.82) is 0 Å². The Bertz CT molecular complexity index is 147. The second-order valence-corrected chi connectivity index (χ2v) is 3.34. The Hall–Kier alpha value is -0.650. The molecule has 0 rings (SSSR count). The van der Waals surface area contributed by atoms with Crippen LogP contribution in [0.3, 0.4) is 0 Å². The van der Waals surface area contributed by atoms with Crippen LogP contribution in [0.25, 0.3) is 0 Å². The van der Waals surface area contributed by atoms with Gasteiger partial charge in [0.1, 0.15) is 6.61 Å². The Balaban J connectivity index is 0. The highest BCUT2D eigenvalue weighted by molar-refractivity contribution is 5.65. The fourth-order valence-corrected chi connectivity index (χ4v) is 0.593. The van der Waals surface area contributed by atoms with E-state index in [1.54, 1.807) is 0 Å². The van der Waals surface area contributed by atoms with E-state index in [9.17, 15) is 4.79 Å². The van der Waals surface area contributed by atoms with E-state index in [1.807, 2.05) is 0 Å². The third-order valence-electron chi connectivity index (χ3n) is 1.44. The first-order chi connectivity index (χ1) is 7.54. The highest BCUT2D eigenvalue weighted by atomic mass is 16.6. The fraction of sp³-hybridized carbons (Fsp3) is 0.909. The molecule has 0 aliphatic rings. The summed E-state index contributed by atoms with van der Waals surface area (Å²) in [5.41, 5.74) is 0. The minimum absolute atomic E-state index is 0.139. The van der Waals surface area contributed by atoms with E-state index >= 15 is 0 Å². The Morgan fingerprint density at radius 1 is 1.31 bits per heavy atom. The molecule has 98 valence electrons. The predicted molar refractivity (Wildman–Crippen MR) is 61.1 cm³/mol. The maximum atomic E-state index is 10.3. The molecule has 0 amide bonds. The molecule has 0 aliphatic carbocycles. The van der Waals surface area contributed by atoms with E-state index in [0.717, 1.165) is 19.4 Å². The first-order valence-corrected chi connectivity index (χ1v) is 5.54. The summed E-state index contributed by atoms with van der Waals surface area (Å²) >= 11 is 0. The zero-order valence-electron chi connectivity index (χ0n) is 10.4. The zero-order chi connectivity index (χ0) is 12.8. The van der Waals surface area contributed by atoms with Gasteiger partial charge in [-0.1, -0.05) is 13.3 Å². The average Bonchev–Trinajstić information content (AvgIpc) is 2.23. The molecule has 0 saturated carbocycles. The molecule has 5 heteroatoms. The third-order valence-corrected chi connectivity index (χ3v) is 1.44. The van der Waals surface area contributed by atoms with Crippen LogP contribution >= 0.6 is 0 Å². The second kappa shape index (κ2) is 14.3. The number of esters is 1. The van der Waals surface area contributed by atoms with Crippen LogP contribution in [0, 0.1) is 0 Å². The van der Waals surface area contributed by atoms with Gasteiger partial charge in [-0.3, -0.25) is 4.79 Å². The quantitative estimate of drug-likeness (QED) is 0.503. The van der Waals surface area contributed by atoms with Crippen LogP contribution < -0.4 is 0 Å². The Morgan fingerprint density at radius 3 is 2.25 bits per heavy atom. The summed E-state index contributed by atoms with van der Waals surface area (Å²) in [6.45, 7) is 6.54. The van der Waals surface area contributed by atoms with E-state index < -0.39 is 6.10 Å². The number of aliphatic hydroxyl groups excluding tert-OH is 2. The molecule has 0 aromatic rings. The summed E-state index contributed by atoms with van der Waals surface area (Å²) < 4.78 is 9.81. The molecule has 16 heavy (non-hydrogen) atoms. The monoisotopic (exact) mass is 236 g/mol. The Morgan fingerprint density at radius 2 is 1.88 bits per heavy atom. The summed E-state index contributed by atoms with van der Waals surface area (Å²) in [5, 5.41) is 16.0. The van der Waals surface area contributed by atoms with Crippen LogP contribution in [0.15, 0.2) is 0 Å². The molecule has 0 spiro atoms. The smallest absolute Gasteiger partial charge is 0.302 e. The maximum Gasteiger partial charge on any atom is 0.302 e. The summed E-state index contributed by atoms with van der Waals surface area (Å²) in [4.78, 5) is 10.3. The van der Waals surface area contributed by atoms with E-state index in [1.165, 1.54) is 13.8 Å². The van der Waals surface area contributed by atoms with E-state index in [-0.39, 0.29) is 12.6 Å². The van der Waals surface area contributed by atoms with Crippen molar-refractivity contribution < 1.29 is 24.5 Å². The SMILES string of the molecule is CC(O)CO.CCCCOCCOC(C)=O. The van der Waals surface area contributed by atoms with Gasteiger partial charge in [0.15, 0.2) is 0 Å². The summed E-state index contributed by atoms with van der Waals surface area (Å²) in [5.74, 6) is -0.246. The number of hydrogen-bond donors (Lipinski definition) is 2. The Labute approximate surface area is 97.4 Å². The average molecular weight is 236 g/mol. The molecule has 1 atom stereocenters. The number of rotatable bonds is 7. The van der Waals surface area contributed by atoms with Crippen LogP contribution in [-0.4, -0.2) is 48.7 Å². The molecule has 5 nitrogen and oxygen atoms in total. The van der Waals surface area contributed by atoms with Gasteiger partial charge in [0, 0.05) is 13.5 Å². The van der Waals surface area contributed by atoms with Crippen LogP contribution in [0.5, 0.6) is 0 Å². The summed E-state index contributed by atoms with van der Waals surface area (Å²) in [6, 6.07) is 0. The number of hydrogen-bond acceptors (Lipinski definition) is 5. The molecule has 0 saturated heterocycles. The van der Waals surface area contributed by atoms with Crippen LogP contribution in [0.4, 0.5) is 0 Å². The Kier molecular flexibility index (Phi) is 15.9. The molecule has 0 radical (unpaired) electrons. The highest BCUT2D eigenvalue weighted by Crippen LogP contribution is 1.87. The van der Waals surface area contributed by atoms with Crippen molar-refractivity contribution in [3.8, 4) is 0 Å². The summed E-state index contributed by atoms with van der Waals surface area (Å²) in [6.07, 6.45) is 1.64. The van der Waals surface area contributed by atoms with Gasteiger partial charge in [0.05, 0.1) is 19.3 Å². The van der Waals surface area contributed by atoms with Gasteiger partial charge >= 0.3 is 5.97 Å². The molecule has 0 aromatic carbocycles. The molecule has 0 bridgehead atoms. The van der Waals surface area contributed by atoms with Gasteiger partial charge in [-0.25, -0.2) is 0 Å². The summed E-state index contributed by atoms with van der Waals surface area (Å²) in [7, 11) is 0. The van der Waals surface area contributed by atoms with Gasteiger partial charge in [0.2, 0.25) is 0 Å². The molecule has 0 aromatic heterocycles. The number of aliphatic hydroxyl groups is 2. The molecule has 1 unspecified atom stereocenters. The molecular weight excluding hydrogens is 212 g/mol. The van der Waals surface area contributed by atoms with E-state index in [4.69, 9.17) is 14.9 Å². The molecule has 2 N–H and O–H groups in total. The number of ether oxygens (including phenoxy) is 2. The number of carbonyl (C=O) groups is 1. The molecular formula is C11H24O5. The van der Waals surface area contributed by atoms with Crippen molar-refractivity contribution in [3.63, 3.8) is 0 Å². The van der Waals surface area contributed by atoms with Gasteiger partial charge in [0.25, 0.3) is 0 Å². The van der Waals surface area contributed by atoms with Crippen molar-refractivity contribution in [1.82, 2.24) is 0 Å². The normalized spacial score (nSPS) is 11.3. The predicted octanol–water partition coefficient (Wildman–Crippen LogP) is 0.726. The van der Waals surface area contributed by atoms with Crippen LogP contribution in [0.1, 0.15) is 33.6 Å². The number of unbranched alkanes of at least 4 members (excludes halogenated alkanes) is 1. The lowest BCUT2D eigenvalue weighted by atomic mass is 10.4. The zero-order valence-corrected chi connectivity index (χ0v) is 10.4. The standard InChI is InChI=1S/C8H16O3.C3H8O2/c1-3-4-5-10-6-7-11-8(2)9;1-3(5)2-4/h3-7H2,1-2H3;3-5H,2H2,1H3.